The van der Waals surface area contributed by atoms with Gasteiger partial charge in [0, 0.05) is 13.1 Å². The predicted molar refractivity (Wildman–Crippen MR) is 81.4 cm³/mol. The van der Waals surface area contributed by atoms with Crippen molar-refractivity contribution in [2.45, 2.75) is 39.2 Å². The van der Waals surface area contributed by atoms with Crippen molar-refractivity contribution in [1.29, 1.82) is 0 Å². The molecule has 0 aromatic heterocycles. The third kappa shape index (κ3) is 4.59. The Bertz CT molecular complexity index is 529. The summed E-state index contributed by atoms with van der Waals surface area (Å²) in [6.07, 6.45) is 3.51. The van der Waals surface area contributed by atoms with Gasteiger partial charge in [0.25, 0.3) is 0 Å². The molecule has 3 nitrogen and oxygen atoms in total. The number of ether oxygens (including phenoxy) is 1. The molecule has 0 bridgehead atoms. The van der Waals surface area contributed by atoms with Crippen LogP contribution in [-0.4, -0.2) is 29.7 Å². The third-order valence-electron chi connectivity index (χ3n) is 3.30. The summed E-state index contributed by atoms with van der Waals surface area (Å²) in [5, 5.41) is 0. The second-order valence-electron chi connectivity index (χ2n) is 6.27. The molecule has 0 atom stereocenters. The third-order valence-corrected chi connectivity index (χ3v) is 3.30. The smallest absolute Gasteiger partial charge is 0.410 e. The van der Waals surface area contributed by atoms with E-state index in [9.17, 15) is 9.18 Å². The molecule has 0 fully saturated rings. The molecule has 1 amide bonds. The van der Waals surface area contributed by atoms with E-state index in [1.165, 1.54) is 12.1 Å². The van der Waals surface area contributed by atoms with Crippen molar-refractivity contribution in [3.8, 4) is 0 Å². The van der Waals surface area contributed by atoms with Crippen LogP contribution in [0.2, 0.25) is 0 Å². The minimum atomic E-state index is -0.479. The van der Waals surface area contributed by atoms with Gasteiger partial charge in [0.05, 0.1) is 0 Å². The molecule has 0 saturated carbocycles. The lowest BCUT2D eigenvalue weighted by Crippen LogP contribution is -2.37. The van der Waals surface area contributed by atoms with Crippen molar-refractivity contribution in [2.75, 3.05) is 13.1 Å². The van der Waals surface area contributed by atoms with Crippen molar-refractivity contribution in [3.05, 3.63) is 41.7 Å². The zero-order chi connectivity index (χ0) is 15.5. The molecule has 21 heavy (non-hydrogen) atoms. The second-order valence-corrected chi connectivity index (χ2v) is 6.27. The Labute approximate surface area is 125 Å². The summed E-state index contributed by atoms with van der Waals surface area (Å²) in [4.78, 5) is 13.8. The Morgan fingerprint density at radius 1 is 1.24 bits per heavy atom. The normalized spacial score (nSPS) is 16.2. The molecule has 1 aromatic carbocycles. The number of allylic oxidation sites excluding steroid dienone is 1. The molecule has 1 aliphatic rings. The SMILES string of the molecule is CC(C)(C)OC(=O)N1CC=C(c2ccc(F)cc2)CCC1. The van der Waals surface area contributed by atoms with Crippen molar-refractivity contribution in [1.82, 2.24) is 4.90 Å². The molecular weight excluding hydrogens is 269 g/mol. The van der Waals surface area contributed by atoms with Gasteiger partial charge in [-0.15, -0.1) is 0 Å². The molecule has 1 aliphatic heterocycles. The molecule has 1 aromatic rings. The van der Waals surface area contributed by atoms with Gasteiger partial charge in [0.15, 0.2) is 0 Å². The summed E-state index contributed by atoms with van der Waals surface area (Å²) in [6.45, 7) is 6.80. The summed E-state index contributed by atoms with van der Waals surface area (Å²) < 4.78 is 18.4. The maximum absolute atomic E-state index is 13.0. The van der Waals surface area contributed by atoms with Gasteiger partial charge in [-0.2, -0.15) is 0 Å². The average Bonchev–Trinajstić information content (AvgIpc) is 2.63. The van der Waals surface area contributed by atoms with E-state index in [0.717, 1.165) is 24.0 Å². The molecule has 114 valence electrons. The topological polar surface area (TPSA) is 29.5 Å². The van der Waals surface area contributed by atoms with Crippen LogP contribution in [-0.2, 0) is 4.74 Å². The summed E-state index contributed by atoms with van der Waals surface area (Å²) in [5.74, 6) is -0.233. The number of nitrogens with zero attached hydrogens (tertiary/aromatic N) is 1. The van der Waals surface area contributed by atoms with E-state index in [0.29, 0.717) is 13.1 Å². The first-order chi connectivity index (χ1) is 9.85. The Hall–Kier alpha value is -1.84. The molecule has 0 aliphatic carbocycles. The molecule has 0 spiro atoms. The maximum atomic E-state index is 13.0. The summed E-state index contributed by atoms with van der Waals surface area (Å²) in [6, 6.07) is 6.49. The second kappa shape index (κ2) is 6.29. The van der Waals surface area contributed by atoms with Crippen molar-refractivity contribution < 1.29 is 13.9 Å². The Morgan fingerprint density at radius 2 is 1.90 bits per heavy atom. The fourth-order valence-electron chi connectivity index (χ4n) is 2.29. The van der Waals surface area contributed by atoms with E-state index in [4.69, 9.17) is 4.74 Å². The Kier molecular flexibility index (Phi) is 4.66. The van der Waals surface area contributed by atoms with E-state index in [1.54, 1.807) is 17.0 Å². The molecule has 1 heterocycles. The number of rotatable bonds is 1. The minimum absolute atomic E-state index is 0.233. The minimum Gasteiger partial charge on any atom is -0.444 e. The van der Waals surface area contributed by atoms with Crippen LogP contribution < -0.4 is 0 Å². The Balaban J connectivity index is 2.06. The number of benzene rings is 1. The van der Waals surface area contributed by atoms with Crippen LogP contribution in [0.15, 0.2) is 30.3 Å². The largest absolute Gasteiger partial charge is 0.444 e. The van der Waals surface area contributed by atoms with Gasteiger partial charge in [0.2, 0.25) is 0 Å². The highest BCUT2D eigenvalue weighted by Crippen LogP contribution is 2.23. The molecule has 0 unspecified atom stereocenters. The predicted octanol–water partition coefficient (Wildman–Crippen LogP) is 4.24. The van der Waals surface area contributed by atoms with Gasteiger partial charge in [-0.25, -0.2) is 9.18 Å². The lowest BCUT2D eigenvalue weighted by Gasteiger charge is -2.25. The van der Waals surface area contributed by atoms with Crippen LogP contribution in [0.25, 0.3) is 5.57 Å². The monoisotopic (exact) mass is 291 g/mol. The first kappa shape index (κ1) is 15.5. The average molecular weight is 291 g/mol. The van der Waals surface area contributed by atoms with Crippen molar-refractivity contribution in [2.24, 2.45) is 0 Å². The van der Waals surface area contributed by atoms with Crippen molar-refractivity contribution >= 4 is 11.7 Å². The summed E-state index contributed by atoms with van der Waals surface area (Å²) in [7, 11) is 0. The van der Waals surface area contributed by atoms with Crippen LogP contribution in [0, 0.1) is 5.82 Å². The lowest BCUT2D eigenvalue weighted by molar-refractivity contribution is 0.0273. The molecule has 4 heteroatoms. The fraction of sp³-hybridized carbons (Fsp3) is 0.471. The van der Waals surface area contributed by atoms with Gasteiger partial charge in [-0.3, -0.25) is 0 Å². The first-order valence-corrected chi connectivity index (χ1v) is 7.28. The summed E-state index contributed by atoms with van der Waals surface area (Å²) in [5.41, 5.74) is 1.69. The van der Waals surface area contributed by atoms with Crippen LogP contribution in [0.3, 0.4) is 0 Å². The zero-order valence-corrected chi connectivity index (χ0v) is 12.9. The van der Waals surface area contributed by atoms with Gasteiger partial charge >= 0.3 is 6.09 Å². The van der Waals surface area contributed by atoms with Gasteiger partial charge < -0.3 is 9.64 Å². The fourth-order valence-corrected chi connectivity index (χ4v) is 2.29. The van der Waals surface area contributed by atoms with E-state index < -0.39 is 5.60 Å². The highest BCUT2D eigenvalue weighted by atomic mass is 19.1. The quantitative estimate of drug-likeness (QED) is 0.774. The number of amides is 1. The lowest BCUT2D eigenvalue weighted by atomic mass is 10.0. The highest BCUT2D eigenvalue weighted by molar-refractivity contribution is 5.71. The van der Waals surface area contributed by atoms with E-state index in [-0.39, 0.29) is 11.9 Å². The number of hydrogen-bond acceptors (Lipinski definition) is 2. The van der Waals surface area contributed by atoms with Crippen LogP contribution >= 0.6 is 0 Å². The number of hydrogen-bond donors (Lipinski definition) is 0. The van der Waals surface area contributed by atoms with Gasteiger partial charge in [0.1, 0.15) is 11.4 Å². The highest BCUT2D eigenvalue weighted by Gasteiger charge is 2.22. The van der Waals surface area contributed by atoms with E-state index in [2.05, 4.69) is 0 Å². The molecule has 0 saturated heterocycles. The molecule has 2 rings (SSSR count). The van der Waals surface area contributed by atoms with Crippen LogP contribution in [0.4, 0.5) is 9.18 Å². The summed E-state index contributed by atoms with van der Waals surface area (Å²) >= 11 is 0. The Morgan fingerprint density at radius 3 is 2.52 bits per heavy atom. The zero-order valence-electron chi connectivity index (χ0n) is 12.9. The van der Waals surface area contributed by atoms with Gasteiger partial charge in [-0.1, -0.05) is 18.2 Å². The molecule has 0 radical (unpaired) electrons. The standard InChI is InChI=1S/C17H22FNO2/c1-17(2,3)21-16(20)19-11-4-5-13(10-12-19)14-6-8-15(18)9-7-14/h6-10H,4-5,11-12H2,1-3H3. The number of carbonyl (C=O) groups is 1. The van der Waals surface area contributed by atoms with Gasteiger partial charge in [-0.05, 0) is 56.9 Å². The number of halogens is 1. The molecular formula is C17H22FNO2. The first-order valence-electron chi connectivity index (χ1n) is 7.28. The van der Waals surface area contributed by atoms with Crippen molar-refractivity contribution in [3.63, 3.8) is 0 Å². The van der Waals surface area contributed by atoms with Crippen LogP contribution in [0.1, 0.15) is 39.2 Å². The van der Waals surface area contributed by atoms with Crippen LogP contribution in [0.5, 0.6) is 0 Å². The maximum Gasteiger partial charge on any atom is 0.410 e. The number of carbonyl (C=O) groups excluding carboxylic acids is 1. The van der Waals surface area contributed by atoms with E-state index >= 15 is 0 Å². The van der Waals surface area contributed by atoms with E-state index in [1.807, 2.05) is 26.8 Å². The molecule has 0 N–H and O–H groups in total.